The molecule has 1 aromatic carbocycles. The molecule has 0 radical (unpaired) electrons. The van der Waals surface area contributed by atoms with E-state index in [1.807, 2.05) is 0 Å². The van der Waals surface area contributed by atoms with Gasteiger partial charge in [-0.3, -0.25) is 4.90 Å². The maximum Gasteiger partial charge on any atom is 0.416 e. The van der Waals surface area contributed by atoms with E-state index in [-0.39, 0.29) is 6.04 Å². The highest BCUT2D eigenvalue weighted by atomic mass is 127. The van der Waals surface area contributed by atoms with Crippen LogP contribution in [0.2, 0.25) is 0 Å². The third kappa shape index (κ3) is 4.28. The summed E-state index contributed by atoms with van der Waals surface area (Å²) in [5.74, 6) is 0.964. The first kappa shape index (κ1) is 20.9. The number of halogens is 4. The van der Waals surface area contributed by atoms with Crippen molar-refractivity contribution in [2.75, 3.05) is 6.54 Å². The number of carbonyl (C=O) groups is 1. The lowest BCUT2D eigenvalue weighted by molar-refractivity contribution is -0.137. The summed E-state index contributed by atoms with van der Waals surface area (Å²) in [5.41, 5.74) is 0.960. The quantitative estimate of drug-likeness (QED) is 0.572. The van der Waals surface area contributed by atoms with Crippen LogP contribution in [0.4, 0.5) is 18.0 Å². The van der Waals surface area contributed by atoms with Crippen LogP contribution in [0.1, 0.15) is 48.5 Å². The number of nitrogens with zero attached hydrogens (tertiary/aromatic N) is 3. The average molecular weight is 507 g/mol. The number of imidazole rings is 1. The van der Waals surface area contributed by atoms with E-state index in [1.165, 1.54) is 17.0 Å². The first-order chi connectivity index (χ1) is 13.2. The molecule has 2 heterocycles. The number of rotatable bonds is 5. The highest BCUT2D eigenvalue weighted by Crippen LogP contribution is 2.35. The fourth-order valence-corrected chi connectivity index (χ4v) is 4.59. The van der Waals surface area contributed by atoms with Gasteiger partial charge < -0.3 is 9.67 Å². The van der Waals surface area contributed by atoms with Crippen LogP contribution in [0, 0.1) is 3.70 Å². The molecule has 1 amide bonds. The van der Waals surface area contributed by atoms with Gasteiger partial charge in [0.1, 0.15) is 9.53 Å². The lowest BCUT2D eigenvalue weighted by Gasteiger charge is -2.35. The standard InChI is InChI=1S/C19H21F3IN3O2/c1-2-3-15-24-17(23)16-14(25(18(27)28)10-11-26(15)16)9-6-12-4-7-13(8-5-12)19(20,21)22/h4-5,7-8,14H,2-3,6,9-11H2,1H3,(H,27,28). The van der Waals surface area contributed by atoms with Gasteiger partial charge in [-0.2, -0.15) is 13.2 Å². The van der Waals surface area contributed by atoms with Gasteiger partial charge in [-0.15, -0.1) is 0 Å². The number of amides is 1. The number of alkyl halides is 3. The Morgan fingerprint density at radius 2 is 1.93 bits per heavy atom. The summed E-state index contributed by atoms with van der Waals surface area (Å²) in [7, 11) is 0. The minimum atomic E-state index is -4.36. The van der Waals surface area contributed by atoms with Gasteiger partial charge in [-0.25, -0.2) is 9.78 Å². The molecule has 28 heavy (non-hydrogen) atoms. The SMILES string of the molecule is CCCc1nc(I)c2n1CCN(C(=O)O)C2CCc1ccc(C(F)(F)F)cc1. The van der Waals surface area contributed by atoms with E-state index in [9.17, 15) is 23.1 Å². The Hall–Kier alpha value is -1.78. The Labute approximate surface area is 174 Å². The van der Waals surface area contributed by atoms with E-state index in [1.54, 1.807) is 0 Å². The number of carboxylic acid groups (broad SMARTS) is 1. The number of hydrogen-bond acceptors (Lipinski definition) is 2. The summed E-state index contributed by atoms with van der Waals surface area (Å²) in [5, 5.41) is 9.63. The Balaban J connectivity index is 1.84. The largest absolute Gasteiger partial charge is 0.465 e. The average Bonchev–Trinajstić information content (AvgIpc) is 2.95. The number of hydrogen-bond donors (Lipinski definition) is 1. The van der Waals surface area contributed by atoms with Gasteiger partial charge in [0.05, 0.1) is 17.3 Å². The van der Waals surface area contributed by atoms with E-state index in [4.69, 9.17) is 0 Å². The molecule has 0 bridgehead atoms. The van der Waals surface area contributed by atoms with Crippen molar-refractivity contribution in [1.82, 2.24) is 14.5 Å². The monoisotopic (exact) mass is 507 g/mol. The van der Waals surface area contributed by atoms with E-state index in [0.717, 1.165) is 45.8 Å². The van der Waals surface area contributed by atoms with Crippen molar-refractivity contribution in [2.24, 2.45) is 0 Å². The number of aromatic nitrogens is 2. The molecule has 2 aromatic rings. The van der Waals surface area contributed by atoms with Crippen molar-refractivity contribution in [3.8, 4) is 0 Å². The molecular weight excluding hydrogens is 486 g/mol. The van der Waals surface area contributed by atoms with Gasteiger partial charge in [0.15, 0.2) is 0 Å². The number of fused-ring (bicyclic) bond motifs is 1. The smallest absolute Gasteiger partial charge is 0.416 e. The summed E-state index contributed by atoms with van der Waals surface area (Å²) in [6.07, 6.45) is -2.60. The predicted octanol–water partition coefficient (Wildman–Crippen LogP) is 5.13. The molecule has 1 aromatic heterocycles. The molecule has 1 atom stereocenters. The van der Waals surface area contributed by atoms with Crippen LogP contribution in [-0.2, 0) is 25.6 Å². The van der Waals surface area contributed by atoms with Gasteiger partial charge in [-0.05, 0) is 59.5 Å². The lowest BCUT2D eigenvalue weighted by Crippen LogP contribution is -2.42. The Morgan fingerprint density at radius 3 is 2.50 bits per heavy atom. The third-order valence-corrected chi connectivity index (χ3v) is 5.80. The van der Waals surface area contributed by atoms with Crippen molar-refractivity contribution < 1.29 is 23.1 Å². The predicted molar refractivity (Wildman–Crippen MR) is 106 cm³/mol. The van der Waals surface area contributed by atoms with Crippen LogP contribution in [0.5, 0.6) is 0 Å². The maximum atomic E-state index is 12.7. The van der Waals surface area contributed by atoms with Crippen LogP contribution in [0.25, 0.3) is 0 Å². The van der Waals surface area contributed by atoms with Crippen molar-refractivity contribution in [3.05, 3.63) is 50.6 Å². The molecule has 0 aliphatic carbocycles. The summed E-state index contributed by atoms with van der Waals surface area (Å²) < 4.78 is 41.1. The topological polar surface area (TPSA) is 58.4 Å². The van der Waals surface area contributed by atoms with Crippen LogP contribution in [0.15, 0.2) is 24.3 Å². The summed E-state index contributed by atoms with van der Waals surface area (Å²) in [4.78, 5) is 17.8. The van der Waals surface area contributed by atoms with Gasteiger partial charge in [-0.1, -0.05) is 19.1 Å². The first-order valence-corrected chi connectivity index (χ1v) is 10.2. The van der Waals surface area contributed by atoms with E-state index < -0.39 is 17.8 Å². The van der Waals surface area contributed by atoms with Crippen LogP contribution in [-0.4, -0.2) is 32.2 Å². The molecule has 152 valence electrons. The van der Waals surface area contributed by atoms with Gasteiger partial charge in [0, 0.05) is 19.5 Å². The molecule has 3 rings (SSSR count). The zero-order valence-corrected chi connectivity index (χ0v) is 17.5. The first-order valence-electron chi connectivity index (χ1n) is 9.12. The highest BCUT2D eigenvalue weighted by molar-refractivity contribution is 14.1. The van der Waals surface area contributed by atoms with Gasteiger partial charge >= 0.3 is 12.3 Å². The second-order valence-electron chi connectivity index (χ2n) is 6.83. The molecule has 1 aliphatic heterocycles. The molecule has 1 unspecified atom stereocenters. The van der Waals surface area contributed by atoms with E-state index in [0.29, 0.717) is 25.9 Å². The van der Waals surface area contributed by atoms with Crippen molar-refractivity contribution in [2.45, 2.75) is 51.4 Å². The van der Waals surface area contributed by atoms with E-state index >= 15 is 0 Å². The second-order valence-corrected chi connectivity index (χ2v) is 7.85. The fraction of sp³-hybridized carbons (Fsp3) is 0.474. The summed E-state index contributed by atoms with van der Waals surface area (Å²) in [6.45, 7) is 3.02. The Morgan fingerprint density at radius 1 is 1.25 bits per heavy atom. The second kappa shape index (κ2) is 8.30. The molecule has 0 fully saturated rings. The highest BCUT2D eigenvalue weighted by Gasteiger charge is 2.35. The minimum absolute atomic E-state index is 0.362. The lowest BCUT2D eigenvalue weighted by atomic mass is 9.99. The molecule has 0 saturated heterocycles. The Kier molecular flexibility index (Phi) is 6.21. The Bertz CT molecular complexity index is 849. The van der Waals surface area contributed by atoms with Crippen LogP contribution < -0.4 is 0 Å². The van der Waals surface area contributed by atoms with Gasteiger partial charge in [0.25, 0.3) is 0 Å². The summed E-state index contributed by atoms with van der Waals surface area (Å²) in [6, 6.07) is 4.69. The molecule has 1 N–H and O–H groups in total. The summed E-state index contributed by atoms with van der Waals surface area (Å²) >= 11 is 2.14. The molecule has 9 heteroatoms. The third-order valence-electron chi connectivity index (χ3n) is 5.00. The van der Waals surface area contributed by atoms with Crippen molar-refractivity contribution >= 4 is 28.7 Å². The van der Waals surface area contributed by atoms with Crippen LogP contribution in [0.3, 0.4) is 0 Å². The fourth-order valence-electron chi connectivity index (χ4n) is 3.66. The molecule has 0 saturated carbocycles. The van der Waals surface area contributed by atoms with Crippen LogP contribution >= 0.6 is 22.6 Å². The van der Waals surface area contributed by atoms with Crippen molar-refractivity contribution in [1.29, 1.82) is 0 Å². The zero-order valence-electron chi connectivity index (χ0n) is 15.3. The number of benzene rings is 1. The normalized spacial score (nSPS) is 16.9. The molecule has 0 spiro atoms. The molecule has 5 nitrogen and oxygen atoms in total. The van der Waals surface area contributed by atoms with E-state index in [2.05, 4.69) is 39.1 Å². The molecule has 1 aliphatic rings. The maximum absolute atomic E-state index is 12.7. The number of aryl methyl sites for hydroxylation is 2. The van der Waals surface area contributed by atoms with Crippen molar-refractivity contribution in [3.63, 3.8) is 0 Å². The van der Waals surface area contributed by atoms with Gasteiger partial charge in [0.2, 0.25) is 0 Å². The molecular formula is C19H21F3IN3O2. The minimum Gasteiger partial charge on any atom is -0.465 e. The zero-order chi connectivity index (χ0) is 20.5.